The summed E-state index contributed by atoms with van der Waals surface area (Å²) in [6, 6.07) is 11.7. The van der Waals surface area contributed by atoms with E-state index in [0.29, 0.717) is 5.17 Å². The van der Waals surface area contributed by atoms with Gasteiger partial charge < -0.3 is 5.32 Å². The summed E-state index contributed by atoms with van der Waals surface area (Å²) < 4.78 is 0. The van der Waals surface area contributed by atoms with Crippen molar-refractivity contribution >= 4 is 45.8 Å². The largest absolute Gasteiger partial charge is 0.320 e. The van der Waals surface area contributed by atoms with Gasteiger partial charge in [-0.3, -0.25) is 24.6 Å². The molecule has 1 atom stereocenters. The summed E-state index contributed by atoms with van der Waals surface area (Å²) in [5, 5.41) is 13.5. The van der Waals surface area contributed by atoms with E-state index in [0.717, 1.165) is 16.8 Å². The molecule has 0 spiro atoms. The first-order valence-corrected chi connectivity index (χ1v) is 9.77. The third kappa shape index (κ3) is 4.62. The number of para-hydroxylation sites is 2. The van der Waals surface area contributed by atoms with E-state index in [1.54, 1.807) is 13.1 Å². The number of hydrogen-bond donors (Lipinski definition) is 1. The molecule has 3 rings (SSSR count). The lowest BCUT2D eigenvalue weighted by Gasteiger charge is -2.09. The van der Waals surface area contributed by atoms with Gasteiger partial charge in [0.05, 0.1) is 10.6 Å². The molecule has 1 heterocycles. The van der Waals surface area contributed by atoms with E-state index < -0.39 is 16.1 Å². The van der Waals surface area contributed by atoms with Crippen molar-refractivity contribution in [2.45, 2.75) is 25.5 Å². The number of aryl methyl sites for hydroxylation is 2. The van der Waals surface area contributed by atoms with E-state index in [4.69, 9.17) is 0 Å². The molecule has 0 radical (unpaired) electrons. The number of amidine groups is 1. The van der Waals surface area contributed by atoms with Gasteiger partial charge in [0.2, 0.25) is 11.8 Å². The zero-order valence-electron chi connectivity index (χ0n) is 16.2. The van der Waals surface area contributed by atoms with Gasteiger partial charge in [-0.1, -0.05) is 30.0 Å². The third-order valence-corrected chi connectivity index (χ3v) is 5.83. The van der Waals surface area contributed by atoms with Gasteiger partial charge >= 0.3 is 0 Å². The molecule has 8 nitrogen and oxygen atoms in total. The maximum Gasteiger partial charge on any atom is 0.292 e. The lowest BCUT2D eigenvalue weighted by atomic mass is 10.1. The lowest BCUT2D eigenvalue weighted by Crippen LogP contribution is -2.30. The molecule has 9 heteroatoms. The highest BCUT2D eigenvalue weighted by Crippen LogP contribution is 2.32. The van der Waals surface area contributed by atoms with Crippen molar-refractivity contribution in [2.75, 3.05) is 12.4 Å². The van der Waals surface area contributed by atoms with Crippen LogP contribution in [0.25, 0.3) is 0 Å². The first-order valence-electron chi connectivity index (χ1n) is 8.89. The van der Waals surface area contributed by atoms with Crippen LogP contribution in [0.15, 0.2) is 47.5 Å². The normalized spacial score (nSPS) is 17.6. The molecule has 0 aliphatic carbocycles. The van der Waals surface area contributed by atoms with Crippen molar-refractivity contribution in [3.05, 3.63) is 63.7 Å². The zero-order chi connectivity index (χ0) is 21.1. The predicted octanol–water partition coefficient (Wildman–Crippen LogP) is 3.80. The summed E-state index contributed by atoms with van der Waals surface area (Å²) in [4.78, 5) is 41.4. The average Bonchev–Trinajstić information content (AvgIpc) is 2.92. The highest BCUT2D eigenvalue weighted by Gasteiger charge is 2.37. The van der Waals surface area contributed by atoms with E-state index in [2.05, 4.69) is 10.3 Å². The second-order valence-electron chi connectivity index (χ2n) is 6.69. The number of benzene rings is 2. The molecule has 1 aliphatic heterocycles. The van der Waals surface area contributed by atoms with Crippen LogP contribution in [-0.4, -0.2) is 39.1 Å². The topological polar surface area (TPSA) is 105 Å². The summed E-state index contributed by atoms with van der Waals surface area (Å²) in [6.45, 7) is 4.00. The third-order valence-electron chi connectivity index (χ3n) is 4.60. The number of carbonyl (C=O) groups is 2. The Balaban J connectivity index is 1.71. The SMILES string of the molecule is Cc1ccc(N=C2SC(CC(=O)Nc3ccccc3[N+](=O)[O-])C(=O)N2C)cc1C. The molecule has 1 unspecified atom stereocenters. The van der Waals surface area contributed by atoms with Crippen LogP contribution >= 0.6 is 11.8 Å². The van der Waals surface area contributed by atoms with E-state index in [-0.39, 0.29) is 23.7 Å². The Hall–Kier alpha value is -3.20. The number of anilines is 1. The van der Waals surface area contributed by atoms with Gasteiger partial charge in [-0.05, 0) is 43.2 Å². The van der Waals surface area contributed by atoms with Gasteiger partial charge in [0.25, 0.3) is 5.69 Å². The number of thioether (sulfide) groups is 1. The summed E-state index contributed by atoms with van der Waals surface area (Å²) in [6.07, 6.45) is -0.105. The quantitative estimate of drug-likeness (QED) is 0.594. The Morgan fingerprint density at radius 2 is 1.97 bits per heavy atom. The lowest BCUT2D eigenvalue weighted by molar-refractivity contribution is -0.383. The van der Waals surface area contributed by atoms with Crippen LogP contribution < -0.4 is 5.32 Å². The number of amides is 2. The van der Waals surface area contributed by atoms with Gasteiger partial charge in [0, 0.05) is 19.5 Å². The highest BCUT2D eigenvalue weighted by atomic mass is 32.2. The predicted molar refractivity (Wildman–Crippen MR) is 114 cm³/mol. The Kier molecular flexibility index (Phi) is 5.97. The van der Waals surface area contributed by atoms with Crippen LogP contribution in [0.5, 0.6) is 0 Å². The molecular weight excluding hydrogens is 392 g/mol. The molecule has 1 saturated heterocycles. The first kappa shape index (κ1) is 20.5. The van der Waals surface area contributed by atoms with Crippen molar-refractivity contribution in [1.82, 2.24) is 4.90 Å². The molecule has 2 amide bonds. The van der Waals surface area contributed by atoms with Crippen LogP contribution in [0.2, 0.25) is 0 Å². The smallest absolute Gasteiger partial charge is 0.292 e. The molecule has 1 N–H and O–H groups in total. The first-order chi connectivity index (χ1) is 13.8. The summed E-state index contributed by atoms with van der Waals surface area (Å²) in [7, 11) is 1.62. The minimum absolute atomic E-state index is 0.105. The van der Waals surface area contributed by atoms with Gasteiger partial charge in [0.1, 0.15) is 10.9 Å². The number of nitrogens with one attached hydrogen (secondary N) is 1. The van der Waals surface area contributed by atoms with Crippen LogP contribution in [0.1, 0.15) is 17.5 Å². The fourth-order valence-electron chi connectivity index (χ4n) is 2.81. The fraction of sp³-hybridized carbons (Fsp3) is 0.250. The number of nitrogens with zero attached hydrogens (tertiary/aromatic N) is 3. The van der Waals surface area contributed by atoms with E-state index in [1.807, 2.05) is 32.0 Å². The van der Waals surface area contributed by atoms with E-state index >= 15 is 0 Å². The molecule has 0 aromatic heterocycles. The standard InChI is InChI=1S/C20H20N4O4S/c1-12-8-9-14(10-13(12)2)21-20-23(3)19(26)17(29-20)11-18(25)22-15-6-4-5-7-16(15)24(27)28/h4-10,17H,11H2,1-3H3,(H,22,25). The number of carbonyl (C=O) groups excluding carboxylic acids is 2. The van der Waals surface area contributed by atoms with E-state index in [1.165, 1.54) is 34.9 Å². The van der Waals surface area contributed by atoms with Crippen LogP contribution in [0, 0.1) is 24.0 Å². The number of nitro benzene ring substituents is 1. The molecule has 29 heavy (non-hydrogen) atoms. The Morgan fingerprint density at radius 3 is 2.66 bits per heavy atom. The Morgan fingerprint density at radius 1 is 1.24 bits per heavy atom. The number of aliphatic imine (C=N–C) groups is 1. The fourth-order valence-corrected chi connectivity index (χ4v) is 3.97. The Labute approximate surface area is 172 Å². The van der Waals surface area contributed by atoms with Crippen molar-refractivity contribution < 1.29 is 14.5 Å². The minimum atomic E-state index is -0.631. The van der Waals surface area contributed by atoms with Crippen molar-refractivity contribution in [3.8, 4) is 0 Å². The summed E-state index contributed by atoms with van der Waals surface area (Å²) in [5.41, 5.74) is 2.90. The average molecular weight is 412 g/mol. The Bertz CT molecular complexity index is 1020. The van der Waals surface area contributed by atoms with Crippen molar-refractivity contribution in [1.29, 1.82) is 0 Å². The van der Waals surface area contributed by atoms with Gasteiger partial charge in [-0.2, -0.15) is 0 Å². The molecular formula is C20H20N4O4S. The monoisotopic (exact) mass is 412 g/mol. The second-order valence-corrected chi connectivity index (χ2v) is 7.86. The highest BCUT2D eigenvalue weighted by molar-refractivity contribution is 8.15. The molecule has 150 valence electrons. The summed E-state index contributed by atoms with van der Waals surface area (Å²) >= 11 is 1.21. The molecule has 2 aromatic carbocycles. The zero-order valence-corrected chi connectivity index (χ0v) is 17.0. The number of rotatable bonds is 5. The molecule has 2 aromatic rings. The van der Waals surface area contributed by atoms with Crippen LogP contribution in [-0.2, 0) is 9.59 Å². The van der Waals surface area contributed by atoms with Gasteiger partial charge in [-0.25, -0.2) is 4.99 Å². The molecule has 0 saturated carbocycles. The van der Waals surface area contributed by atoms with Crippen LogP contribution in [0.4, 0.5) is 17.1 Å². The van der Waals surface area contributed by atoms with Crippen molar-refractivity contribution in [3.63, 3.8) is 0 Å². The van der Waals surface area contributed by atoms with Gasteiger partial charge in [0.15, 0.2) is 5.17 Å². The second kappa shape index (κ2) is 8.44. The van der Waals surface area contributed by atoms with Crippen LogP contribution in [0.3, 0.4) is 0 Å². The maximum atomic E-state index is 12.5. The van der Waals surface area contributed by atoms with E-state index in [9.17, 15) is 19.7 Å². The van der Waals surface area contributed by atoms with Crippen molar-refractivity contribution in [2.24, 2.45) is 4.99 Å². The summed E-state index contributed by atoms with van der Waals surface area (Å²) in [5.74, 6) is -0.693. The molecule has 0 bridgehead atoms. The molecule has 1 fully saturated rings. The number of hydrogen-bond acceptors (Lipinski definition) is 6. The number of nitro groups is 1. The van der Waals surface area contributed by atoms with Gasteiger partial charge in [-0.15, -0.1) is 0 Å². The molecule has 1 aliphatic rings. The maximum absolute atomic E-state index is 12.5. The minimum Gasteiger partial charge on any atom is -0.320 e.